The van der Waals surface area contributed by atoms with Crippen molar-refractivity contribution in [3.63, 3.8) is 0 Å². The molecule has 2 heteroatoms. The second kappa shape index (κ2) is 8.14. The van der Waals surface area contributed by atoms with E-state index in [1.165, 1.54) is 0 Å². The predicted molar refractivity (Wildman–Crippen MR) is 128 cm³/mol. The van der Waals surface area contributed by atoms with Gasteiger partial charge in [0.05, 0.1) is 22.4 Å². The van der Waals surface area contributed by atoms with Crippen molar-refractivity contribution in [3.8, 4) is 0 Å². The van der Waals surface area contributed by atoms with Gasteiger partial charge in [-0.1, -0.05) is 97.1 Å². The van der Waals surface area contributed by atoms with Gasteiger partial charge in [-0.3, -0.25) is 0 Å². The highest BCUT2D eigenvalue weighted by Gasteiger charge is 2.05. The van der Waals surface area contributed by atoms with Gasteiger partial charge in [0, 0.05) is 10.8 Å². The van der Waals surface area contributed by atoms with Crippen LogP contribution in [0.25, 0.3) is 46.1 Å². The van der Waals surface area contributed by atoms with Crippen molar-refractivity contribution in [2.75, 3.05) is 0 Å². The first-order chi connectivity index (χ1) is 14.8. The van der Waals surface area contributed by atoms with E-state index in [9.17, 15) is 0 Å². The Kier molecular flexibility index (Phi) is 4.89. The summed E-state index contributed by atoms with van der Waals surface area (Å²) in [7, 11) is 0. The van der Waals surface area contributed by atoms with Gasteiger partial charge in [0.15, 0.2) is 0 Å². The number of benzene rings is 3. The summed E-state index contributed by atoms with van der Waals surface area (Å²) in [6, 6.07) is 33.1. The van der Waals surface area contributed by atoms with Crippen LogP contribution < -0.4 is 0 Å². The largest absolute Gasteiger partial charge is 0.246 e. The number of hydrogen-bond acceptors (Lipinski definition) is 2. The molecular weight excluding hydrogens is 364 g/mol. The Morgan fingerprint density at radius 1 is 0.400 bits per heavy atom. The summed E-state index contributed by atoms with van der Waals surface area (Å²) in [4.78, 5) is 9.81. The predicted octanol–water partition coefficient (Wildman–Crippen LogP) is 7.12. The highest BCUT2D eigenvalue weighted by Crippen LogP contribution is 2.24. The van der Waals surface area contributed by atoms with Crippen LogP contribution in [0.4, 0.5) is 0 Å². The molecule has 142 valence electrons. The first-order valence-corrected chi connectivity index (χ1v) is 10.0. The molecule has 0 bridgehead atoms. The van der Waals surface area contributed by atoms with Crippen LogP contribution in [0, 0.1) is 0 Å². The molecular formula is C28H20N2. The Labute approximate surface area is 175 Å². The molecule has 30 heavy (non-hydrogen) atoms. The zero-order valence-electron chi connectivity index (χ0n) is 16.4. The molecule has 0 amide bonds. The second-order valence-corrected chi connectivity index (χ2v) is 7.17. The Bertz CT molecular complexity index is 1260. The molecule has 2 aromatic heterocycles. The summed E-state index contributed by atoms with van der Waals surface area (Å²) in [5.41, 5.74) is 6.01. The van der Waals surface area contributed by atoms with E-state index >= 15 is 0 Å². The maximum absolute atomic E-state index is 4.90. The third-order valence-electron chi connectivity index (χ3n) is 5.05. The number of pyridine rings is 2. The highest BCUT2D eigenvalue weighted by molar-refractivity contribution is 6.03. The lowest BCUT2D eigenvalue weighted by Gasteiger charge is -2.05. The number of rotatable bonds is 4. The SMILES string of the molecule is C(=C\c1ccc2ccc3ccc(/C=C/c4ccccc4)nc3c2n1)/c1ccccc1. The van der Waals surface area contributed by atoms with Crippen LogP contribution in [0.15, 0.2) is 97.1 Å². The normalized spacial score (nSPS) is 11.7. The van der Waals surface area contributed by atoms with Gasteiger partial charge in [0.2, 0.25) is 0 Å². The van der Waals surface area contributed by atoms with E-state index in [2.05, 4.69) is 60.7 Å². The summed E-state index contributed by atoms with van der Waals surface area (Å²) in [5, 5.41) is 2.19. The van der Waals surface area contributed by atoms with Gasteiger partial charge in [0.1, 0.15) is 0 Å². The van der Waals surface area contributed by atoms with Crippen molar-refractivity contribution >= 4 is 46.1 Å². The molecule has 0 radical (unpaired) electrons. The molecule has 0 N–H and O–H groups in total. The van der Waals surface area contributed by atoms with Crippen molar-refractivity contribution in [2.24, 2.45) is 0 Å². The topological polar surface area (TPSA) is 25.8 Å². The van der Waals surface area contributed by atoms with Crippen molar-refractivity contribution < 1.29 is 0 Å². The van der Waals surface area contributed by atoms with Gasteiger partial charge in [-0.25, -0.2) is 9.97 Å². The number of aromatic nitrogens is 2. The zero-order valence-corrected chi connectivity index (χ0v) is 16.4. The highest BCUT2D eigenvalue weighted by atomic mass is 14.8. The van der Waals surface area contributed by atoms with E-state index in [4.69, 9.17) is 9.97 Å². The molecule has 2 nitrogen and oxygen atoms in total. The van der Waals surface area contributed by atoms with Gasteiger partial charge >= 0.3 is 0 Å². The molecule has 0 unspecified atom stereocenters. The average Bonchev–Trinajstić information content (AvgIpc) is 2.82. The molecule has 5 aromatic rings. The number of nitrogens with zero attached hydrogens (tertiary/aromatic N) is 2. The van der Waals surface area contributed by atoms with E-state index in [1.54, 1.807) is 0 Å². The van der Waals surface area contributed by atoms with Gasteiger partial charge in [0.25, 0.3) is 0 Å². The van der Waals surface area contributed by atoms with Gasteiger partial charge in [-0.15, -0.1) is 0 Å². The van der Waals surface area contributed by atoms with Crippen LogP contribution >= 0.6 is 0 Å². The maximum atomic E-state index is 4.90. The lowest BCUT2D eigenvalue weighted by molar-refractivity contribution is 1.34. The summed E-state index contributed by atoms with van der Waals surface area (Å²) in [5.74, 6) is 0. The monoisotopic (exact) mass is 384 g/mol. The minimum Gasteiger partial charge on any atom is -0.246 e. The molecule has 3 aromatic carbocycles. The van der Waals surface area contributed by atoms with Gasteiger partial charge in [-0.2, -0.15) is 0 Å². The summed E-state index contributed by atoms with van der Waals surface area (Å²) in [6.45, 7) is 0. The van der Waals surface area contributed by atoms with Crippen molar-refractivity contribution in [3.05, 3.63) is 120 Å². The Hall–Kier alpha value is -4.04. The molecule has 0 saturated carbocycles. The number of hydrogen-bond donors (Lipinski definition) is 0. The third-order valence-corrected chi connectivity index (χ3v) is 5.05. The number of fused-ring (bicyclic) bond motifs is 3. The first-order valence-electron chi connectivity index (χ1n) is 10.0. The Morgan fingerprint density at radius 2 is 0.800 bits per heavy atom. The maximum Gasteiger partial charge on any atom is 0.0972 e. The molecule has 0 atom stereocenters. The van der Waals surface area contributed by atoms with E-state index in [-0.39, 0.29) is 0 Å². The van der Waals surface area contributed by atoms with Crippen LogP contribution in [-0.4, -0.2) is 9.97 Å². The van der Waals surface area contributed by atoms with Crippen LogP contribution in [0.1, 0.15) is 22.5 Å². The Balaban J connectivity index is 1.55. The van der Waals surface area contributed by atoms with E-state index in [1.807, 2.05) is 60.7 Å². The van der Waals surface area contributed by atoms with E-state index in [0.717, 1.165) is 44.3 Å². The lowest BCUT2D eigenvalue weighted by atomic mass is 10.1. The van der Waals surface area contributed by atoms with Crippen LogP contribution in [0.3, 0.4) is 0 Å². The fraction of sp³-hybridized carbons (Fsp3) is 0. The molecule has 2 heterocycles. The second-order valence-electron chi connectivity index (χ2n) is 7.17. The molecule has 0 saturated heterocycles. The summed E-state index contributed by atoms with van der Waals surface area (Å²) in [6.07, 6.45) is 8.26. The lowest BCUT2D eigenvalue weighted by Crippen LogP contribution is -1.89. The van der Waals surface area contributed by atoms with Crippen molar-refractivity contribution in [2.45, 2.75) is 0 Å². The molecule has 5 rings (SSSR count). The Morgan fingerprint density at radius 3 is 1.23 bits per heavy atom. The molecule has 0 aliphatic rings. The first kappa shape index (κ1) is 18.0. The smallest absolute Gasteiger partial charge is 0.0972 e. The molecule has 0 aliphatic carbocycles. The van der Waals surface area contributed by atoms with Crippen molar-refractivity contribution in [1.82, 2.24) is 9.97 Å². The van der Waals surface area contributed by atoms with Crippen molar-refractivity contribution in [1.29, 1.82) is 0 Å². The fourth-order valence-corrected chi connectivity index (χ4v) is 3.48. The van der Waals surface area contributed by atoms with Gasteiger partial charge < -0.3 is 0 Å². The summed E-state index contributed by atoms with van der Waals surface area (Å²) < 4.78 is 0. The molecule has 0 spiro atoms. The standard InChI is InChI=1S/C28H20N2/c1-3-7-21(8-4-1)11-17-25-19-15-23-13-14-24-16-20-26(30-28(24)27(23)29-25)18-12-22-9-5-2-6-10-22/h1-20H/b17-11+,18-12+. The van der Waals surface area contributed by atoms with E-state index < -0.39 is 0 Å². The van der Waals surface area contributed by atoms with Crippen LogP contribution in [-0.2, 0) is 0 Å². The van der Waals surface area contributed by atoms with Crippen LogP contribution in [0.2, 0.25) is 0 Å². The average molecular weight is 384 g/mol. The molecule has 0 fully saturated rings. The third kappa shape index (κ3) is 3.89. The minimum absolute atomic E-state index is 0.922. The van der Waals surface area contributed by atoms with E-state index in [0.29, 0.717) is 0 Å². The minimum atomic E-state index is 0.922. The fourth-order valence-electron chi connectivity index (χ4n) is 3.48. The summed E-state index contributed by atoms with van der Waals surface area (Å²) >= 11 is 0. The van der Waals surface area contributed by atoms with Gasteiger partial charge in [-0.05, 0) is 35.4 Å². The quantitative estimate of drug-likeness (QED) is 0.308. The zero-order chi connectivity index (χ0) is 20.2. The molecule has 0 aliphatic heterocycles. The van der Waals surface area contributed by atoms with Crippen LogP contribution in [0.5, 0.6) is 0 Å².